The van der Waals surface area contributed by atoms with Gasteiger partial charge in [-0.15, -0.1) is 0 Å². The van der Waals surface area contributed by atoms with Gasteiger partial charge in [-0.1, -0.05) is 17.3 Å². The molecule has 6 heteroatoms. The molecule has 2 fully saturated rings. The standard InChI is InChI=1S/C16H16FN3O2/c17-12-3-1-2-10(8-12)9-20-13(6-7-14(20)21)16-18-15(19-22-16)11-4-5-11/h1-3,8,11,13H,4-7,9H2/t13-/m1/s1. The number of carbonyl (C=O) groups excluding carboxylic acids is 1. The fourth-order valence-electron chi connectivity index (χ4n) is 2.91. The molecule has 1 amide bonds. The lowest BCUT2D eigenvalue weighted by Crippen LogP contribution is -2.27. The van der Waals surface area contributed by atoms with Crippen LogP contribution in [0.2, 0.25) is 0 Å². The third kappa shape index (κ3) is 2.49. The molecule has 2 aromatic rings. The van der Waals surface area contributed by atoms with Crippen LogP contribution in [-0.4, -0.2) is 20.9 Å². The Bertz CT molecular complexity index is 711. The fourth-order valence-corrected chi connectivity index (χ4v) is 2.91. The summed E-state index contributed by atoms with van der Waals surface area (Å²) in [6, 6.07) is 6.11. The number of hydrogen-bond acceptors (Lipinski definition) is 4. The van der Waals surface area contributed by atoms with E-state index < -0.39 is 0 Å². The highest BCUT2D eigenvalue weighted by Gasteiger charge is 2.37. The Hall–Kier alpha value is -2.24. The van der Waals surface area contributed by atoms with Crippen molar-refractivity contribution in [2.24, 2.45) is 0 Å². The van der Waals surface area contributed by atoms with Crippen LogP contribution in [0.25, 0.3) is 0 Å². The number of rotatable bonds is 4. The SMILES string of the molecule is O=C1CC[C@H](c2nc(C3CC3)no2)N1Cc1cccc(F)c1. The predicted molar refractivity (Wildman–Crippen MR) is 75.2 cm³/mol. The van der Waals surface area contributed by atoms with E-state index in [0.29, 0.717) is 31.2 Å². The van der Waals surface area contributed by atoms with Crippen molar-refractivity contribution in [1.82, 2.24) is 15.0 Å². The zero-order chi connectivity index (χ0) is 15.1. The molecule has 114 valence electrons. The molecule has 2 heterocycles. The van der Waals surface area contributed by atoms with E-state index in [0.717, 1.165) is 24.2 Å². The van der Waals surface area contributed by atoms with Gasteiger partial charge < -0.3 is 9.42 Å². The van der Waals surface area contributed by atoms with Crippen LogP contribution in [0.5, 0.6) is 0 Å². The van der Waals surface area contributed by atoms with Gasteiger partial charge in [-0.05, 0) is 37.0 Å². The number of aromatic nitrogens is 2. The van der Waals surface area contributed by atoms with Crippen molar-refractivity contribution in [2.75, 3.05) is 0 Å². The first kappa shape index (κ1) is 13.4. The quantitative estimate of drug-likeness (QED) is 0.871. The van der Waals surface area contributed by atoms with Gasteiger partial charge in [0.15, 0.2) is 5.82 Å². The third-order valence-electron chi connectivity index (χ3n) is 4.26. The molecule has 1 saturated carbocycles. The van der Waals surface area contributed by atoms with Gasteiger partial charge in [-0.3, -0.25) is 4.79 Å². The molecule has 1 aliphatic carbocycles. The summed E-state index contributed by atoms with van der Waals surface area (Å²) in [5.74, 6) is 1.42. The molecule has 5 nitrogen and oxygen atoms in total. The molecular formula is C16H16FN3O2. The Kier molecular flexibility index (Phi) is 3.17. The van der Waals surface area contributed by atoms with Gasteiger partial charge in [0.2, 0.25) is 11.8 Å². The summed E-state index contributed by atoms with van der Waals surface area (Å²) in [6.07, 6.45) is 3.34. The van der Waals surface area contributed by atoms with Gasteiger partial charge in [-0.2, -0.15) is 4.98 Å². The molecule has 0 radical (unpaired) electrons. The summed E-state index contributed by atoms with van der Waals surface area (Å²) in [7, 11) is 0. The van der Waals surface area contributed by atoms with E-state index in [2.05, 4.69) is 10.1 Å². The number of halogens is 1. The number of likely N-dealkylation sites (tertiary alicyclic amines) is 1. The molecule has 1 saturated heterocycles. The average molecular weight is 301 g/mol. The van der Waals surface area contributed by atoms with Crippen LogP contribution in [0, 0.1) is 5.82 Å². The Morgan fingerprint density at radius 3 is 2.95 bits per heavy atom. The minimum absolute atomic E-state index is 0.0421. The Labute approximate surface area is 127 Å². The van der Waals surface area contributed by atoms with Gasteiger partial charge >= 0.3 is 0 Å². The smallest absolute Gasteiger partial charge is 0.249 e. The highest BCUT2D eigenvalue weighted by atomic mass is 19.1. The van der Waals surface area contributed by atoms with Crippen molar-refractivity contribution in [3.63, 3.8) is 0 Å². The number of nitrogens with zero attached hydrogens (tertiary/aromatic N) is 3. The second kappa shape index (κ2) is 5.19. The van der Waals surface area contributed by atoms with Crippen molar-refractivity contribution in [3.05, 3.63) is 47.4 Å². The molecule has 22 heavy (non-hydrogen) atoms. The minimum atomic E-state index is -0.297. The molecule has 4 rings (SSSR count). The molecular weight excluding hydrogens is 285 g/mol. The zero-order valence-electron chi connectivity index (χ0n) is 12.0. The van der Waals surface area contributed by atoms with Crippen molar-refractivity contribution in [2.45, 2.75) is 44.2 Å². The van der Waals surface area contributed by atoms with Crippen LogP contribution in [-0.2, 0) is 11.3 Å². The molecule has 0 N–H and O–H groups in total. The maximum Gasteiger partial charge on any atom is 0.249 e. The molecule has 0 unspecified atom stereocenters. The fraction of sp³-hybridized carbons (Fsp3) is 0.438. The lowest BCUT2D eigenvalue weighted by atomic mass is 10.1. The Morgan fingerprint density at radius 2 is 2.18 bits per heavy atom. The van der Waals surface area contributed by atoms with Gasteiger partial charge in [-0.25, -0.2) is 4.39 Å². The highest BCUT2D eigenvalue weighted by Crippen LogP contribution is 2.40. The van der Waals surface area contributed by atoms with Crippen LogP contribution >= 0.6 is 0 Å². The van der Waals surface area contributed by atoms with E-state index in [-0.39, 0.29) is 17.8 Å². The number of carbonyl (C=O) groups is 1. The summed E-state index contributed by atoms with van der Waals surface area (Å²) in [5.41, 5.74) is 0.766. The molecule has 0 spiro atoms. The normalized spacial score (nSPS) is 21.6. The van der Waals surface area contributed by atoms with Crippen LogP contribution in [0.1, 0.15) is 54.9 Å². The third-order valence-corrected chi connectivity index (χ3v) is 4.26. The van der Waals surface area contributed by atoms with Gasteiger partial charge in [0, 0.05) is 18.9 Å². The van der Waals surface area contributed by atoms with Crippen LogP contribution in [0.3, 0.4) is 0 Å². The van der Waals surface area contributed by atoms with Crippen LogP contribution in [0.15, 0.2) is 28.8 Å². The molecule has 1 aliphatic heterocycles. The van der Waals surface area contributed by atoms with Crippen molar-refractivity contribution in [1.29, 1.82) is 0 Å². The van der Waals surface area contributed by atoms with E-state index >= 15 is 0 Å². The van der Waals surface area contributed by atoms with Gasteiger partial charge in [0.25, 0.3) is 0 Å². The molecule has 1 atom stereocenters. The first-order valence-electron chi connectivity index (χ1n) is 7.58. The second-order valence-corrected chi connectivity index (χ2v) is 5.97. The number of amides is 1. The van der Waals surface area contributed by atoms with Crippen LogP contribution in [0.4, 0.5) is 4.39 Å². The van der Waals surface area contributed by atoms with E-state index in [1.807, 2.05) is 6.07 Å². The second-order valence-electron chi connectivity index (χ2n) is 5.97. The summed E-state index contributed by atoms with van der Waals surface area (Å²) < 4.78 is 18.7. The highest BCUT2D eigenvalue weighted by molar-refractivity contribution is 5.78. The lowest BCUT2D eigenvalue weighted by Gasteiger charge is -2.22. The monoisotopic (exact) mass is 301 g/mol. The van der Waals surface area contributed by atoms with Gasteiger partial charge in [0.05, 0.1) is 0 Å². The predicted octanol–water partition coefficient (Wildman–Crippen LogP) is 2.95. The van der Waals surface area contributed by atoms with E-state index in [1.165, 1.54) is 12.1 Å². The maximum atomic E-state index is 13.3. The Balaban J connectivity index is 1.56. The largest absolute Gasteiger partial charge is 0.337 e. The van der Waals surface area contributed by atoms with Crippen molar-refractivity contribution >= 4 is 5.91 Å². The van der Waals surface area contributed by atoms with E-state index in [4.69, 9.17) is 4.52 Å². The van der Waals surface area contributed by atoms with Crippen molar-refractivity contribution in [3.8, 4) is 0 Å². The number of hydrogen-bond donors (Lipinski definition) is 0. The van der Waals surface area contributed by atoms with Crippen LogP contribution < -0.4 is 0 Å². The molecule has 1 aromatic carbocycles. The maximum absolute atomic E-state index is 13.3. The Morgan fingerprint density at radius 1 is 1.32 bits per heavy atom. The average Bonchev–Trinajstić information content (AvgIpc) is 3.14. The molecule has 2 aliphatic rings. The first-order chi connectivity index (χ1) is 10.7. The summed E-state index contributed by atoms with van der Waals surface area (Å²) in [5, 5.41) is 4.02. The molecule has 0 bridgehead atoms. The van der Waals surface area contributed by atoms with Gasteiger partial charge in [0.1, 0.15) is 11.9 Å². The summed E-state index contributed by atoms with van der Waals surface area (Å²) in [4.78, 5) is 18.3. The summed E-state index contributed by atoms with van der Waals surface area (Å²) in [6.45, 7) is 0.363. The molecule has 1 aromatic heterocycles. The zero-order valence-corrected chi connectivity index (χ0v) is 12.0. The summed E-state index contributed by atoms with van der Waals surface area (Å²) >= 11 is 0. The van der Waals surface area contributed by atoms with E-state index in [9.17, 15) is 9.18 Å². The van der Waals surface area contributed by atoms with E-state index in [1.54, 1.807) is 11.0 Å². The first-order valence-corrected chi connectivity index (χ1v) is 7.58. The topological polar surface area (TPSA) is 59.2 Å². The lowest BCUT2D eigenvalue weighted by molar-refractivity contribution is -0.130. The van der Waals surface area contributed by atoms with Crippen molar-refractivity contribution < 1.29 is 13.7 Å². The number of benzene rings is 1. The minimum Gasteiger partial charge on any atom is -0.337 e.